The first-order valence-corrected chi connectivity index (χ1v) is 7.08. The Labute approximate surface area is 116 Å². The van der Waals surface area contributed by atoms with Crippen LogP contribution in [0.2, 0.25) is 0 Å². The van der Waals surface area contributed by atoms with E-state index in [0.29, 0.717) is 0 Å². The predicted octanol–water partition coefficient (Wildman–Crippen LogP) is 2.51. The molecule has 0 spiro atoms. The molecule has 1 aliphatic heterocycles. The van der Waals surface area contributed by atoms with Crippen LogP contribution in [0.5, 0.6) is 0 Å². The summed E-state index contributed by atoms with van der Waals surface area (Å²) in [4.78, 5) is 2.54. The first-order valence-electron chi connectivity index (χ1n) is 7.08. The molecule has 0 radical (unpaired) electrons. The van der Waals surface area contributed by atoms with Gasteiger partial charge in [-0.15, -0.1) is 0 Å². The largest absolute Gasteiger partial charge is 0.384 e. The van der Waals surface area contributed by atoms with Crippen molar-refractivity contribution in [3.8, 4) is 11.8 Å². The summed E-state index contributed by atoms with van der Waals surface area (Å²) in [5, 5.41) is 8.73. The molecule has 19 heavy (non-hydrogen) atoms. The van der Waals surface area contributed by atoms with Crippen LogP contribution in [0.4, 0.5) is 0 Å². The van der Waals surface area contributed by atoms with E-state index in [9.17, 15) is 0 Å². The van der Waals surface area contributed by atoms with Gasteiger partial charge in [-0.3, -0.25) is 4.90 Å². The van der Waals surface area contributed by atoms with Crippen LogP contribution in [0, 0.1) is 23.7 Å². The normalized spacial score (nSPS) is 23.7. The van der Waals surface area contributed by atoms with Crippen LogP contribution in [0.25, 0.3) is 0 Å². The molecule has 1 aromatic rings. The van der Waals surface area contributed by atoms with Gasteiger partial charge < -0.3 is 5.11 Å². The van der Waals surface area contributed by atoms with Crippen LogP contribution in [0.3, 0.4) is 0 Å². The number of aliphatic hydroxyl groups is 1. The van der Waals surface area contributed by atoms with Crippen LogP contribution >= 0.6 is 0 Å². The number of rotatable bonds is 2. The van der Waals surface area contributed by atoms with E-state index < -0.39 is 0 Å². The van der Waals surface area contributed by atoms with Gasteiger partial charge in [-0.05, 0) is 36.0 Å². The summed E-state index contributed by atoms with van der Waals surface area (Å²) in [6.45, 7) is 7.99. The monoisotopic (exact) mass is 257 g/mol. The van der Waals surface area contributed by atoms with E-state index in [4.69, 9.17) is 5.11 Å². The number of hydrogen-bond donors (Lipinski definition) is 1. The molecule has 2 unspecified atom stereocenters. The minimum atomic E-state index is -0.0780. The number of benzene rings is 1. The lowest BCUT2D eigenvalue weighted by molar-refractivity contribution is 0.134. The van der Waals surface area contributed by atoms with Gasteiger partial charge in [0.1, 0.15) is 6.61 Å². The molecule has 0 bridgehead atoms. The van der Waals surface area contributed by atoms with Crippen molar-refractivity contribution in [2.45, 2.75) is 26.8 Å². The Balaban J connectivity index is 2.02. The molecule has 102 valence electrons. The first-order chi connectivity index (χ1) is 9.17. The third-order valence-corrected chi connectivity index (χ3v) is 3.59. The summed E-state index contributed by atoms with van der Waals surface area (Å²) >= 11 is 0. The molecule has 1 aliphatic rings. The molecule has 0 amide bonds. The van der Waals surface area contributed by atoms with Gasteiger partial charge in [0, 0.05) is 25.2 Å². The quantitative estimate of drug-likeness (QED) is 0.823. The van der Waals surface area contributed by atoms with Crippen molar-refractivity contribution in [3.05, 3.63) is 35.4 Å². The first kappa shape index (κ1) is 14.1. The molecule has 1 N–H and O–H groups in total. The van der Waals surface area contributed by atoms with Gasteiger partial charge >= 0.3 is 0 Å². The van der Waals surface area contributed by atoms with Gasteiger partial charge in [-0.2, -0.15) is 0 Å². The van der Waals surface area contributed by atoms with Crippen LogP contribution in [0.15, 0.2) is 24.3 Å². The molecule has 1 aromatic carbocycles. The molecule has 0 aromatic heterocycles. The summed E-state index contributed by atoms with van der Waals surface area (Å²) in [6, 6.07) is 8.34. The highest BCUT2D eigenvalue weighted by molar-refractivity contribution is 5.37. The molecule has 2 heteroatoms. The van der Waals surface area contributed by atoms with Crippen molar-refractivity contribution in [3.63, 3.8) is 0 Å². The smallest absolute Gasteiger partial charge is 0.104 e. The summed E-state index contributed by atoms with van der Waals surface area (Å²) in [6.07, 6.45) is 1.35. The average Bonchev–Trinajstić information content (AvgIpc) is 2.35. The molecular weight excluding hydrogens is 234 g/mol. The Morgan fingerprint density at radius 3 is 2.68 bits per heavy atom. The summed E-state index contributed by atoms with van der Waals surface area (Å²) in [5.74, 6) is 7.26. The van der Waals surface area contributed by atoms with Gasteiger partial charge in [-0.25, -0.2) is 0 Å². The second-order valence-electron chi connectivity index (χ2n) is 5.80. The Morgan fingerprint density at radius 1 is 1.26 bits per heavy atom. The highest BCUT2D eigenvalue weighted by Gasteiger charge is 2.21. The molecule has 2 rings (SSSR count). The van der Waals surface area contributed by atoms with Crippen molar-refractivity contribution in [1.29, 1.82) is 0 Å². The van der Waals surface area contributed by atoms with Crippen molar-refractivity contribution in [2.24, 2.45) is 11.8 Å². The van der Waals surface area contributed by atoms with Crippen LogP contribution in [-0.2, 0) is 6.54 Å². The Kier molecular flexibility index (Phi) is 5.01. The Hall–Kier alpha value is -1.30. The topological polar surface area (TPSA) is 23.5 Å². The molecule has 0 saturated carbocycles. The summed E-state index contributed by atoms with van der Waals surface area (Å²) < 4.78 is 0. The van der Waals surface area contributed by atoms with E-state index in [2.05, 4.69) is 42.7 Å². The maximum absolute atomic E-state index is 8.73. The van der Waals surface area contributed by atoms with Gasteiger partial charge in [0.05, 0.1) is 0 Å². The lowest BCUT2D eigenvalue weighted by Crippen LogP contribution is -2.38. The van der Waals surface area contributed by atoms with Crippen molar-refractivity contribution < 1.29 is 5.11 Å². The highest BCUT2D eigenvalue weighted by atomic mass is 16.2. The maximum atomic E-state index is 8.73. The van der Waals surface area contributed by atoms with E-state index in [1.807, 2.05) is 12.1 Å². The molecule has 0 aliphatic carbocycles. The summed E-state index contributed by atoms with van der Waals surface area (Å²) in [5.41, 5.74) is 2.30. The number of aliphatic hydroxyl groups excluding tert-OH is 1. The van der Waals surface area contributed by atoms with Gasteiger partial charge in [0.2, 0.25) is 0 Å². The Bertz CT molecular complexity index is 462. The fraction of sp³-hybridized carbons (Fsp3) is 0.529. The zero-order valence-electron chi connectivity index (χ0n) is 11.9. The lowest BCUT2D eigenvalue weighted by Gasteiger charge is -2.35. The average molecular weight is 257 g/mol. The standard InChI is InChI=1S/C17H23NO/c1-14-9-15(2)12-18(11-14)13-17-6-3-5-16(10-17)7-4-8-19/h3,5-6,10,14-15,19H,8-9,11-13H2,1-2H3. The zero-order chi connectivity index (χ0) is 13.7. The van der Waals surface area contributed by atoms with E-state index >= 15 is 0 Å². The van der Waals surface area contributed by atoms with Gasteiger partial charge in [0.25, 0.3) is 0 Å². The van der Waals surface area contributed by atoms with E-state index in [1.54, 1.807) is 0 Å². The Morgan fingerprint density at radius 2 is 2.00 bits per heavy atom. The second-order valence-corrected chi connectivity index (χ2v) is 5.80. The fourth-order valence-corrected chi connectivity index (χ4v) is 3.07. The van der Waals surface area contributed by atoms with Crippen molar-refractivity contribution in [2.75, 3.05) is 19.7 Å². The number of likely N-dealkylation sites (tertiary alicyclic amines) is 1. The second kappa shape index (κ2) is 6.75. The van der Waals surface area contributed by atoms with E-state index in [1.165, 1.54) is 25.1 Å². The predicted molar refractivity (Wildman–Crippen MR) is 78.6 cm³/mol. The summed E-state index contributed by atoms with van der Waals surface area (Å²) in [7, 11) is 0. The van der Waals surface area contributed by atoms with E-state index in [0.717, 1.165) is 23.9 Å². The molecule has 2 atom stereocenters. The lowest BCUT2D eigenvalue weighted by atomic mass is 9.91. The van der Waals surface area contributed by atoms with Gasteiger partial charge in [-0.1, -0.05) is 37.8 Å². The molecular formula is C17H23NO. The van der Waals surface area contributed by atoms with Crippen LogP contribution in [0.1, 0.15) is 31.4 Å². The zero-order valence-corrected chi connectivity index (χ0v) is 11.9. The van der Waals surface area contributed by atoms with E-state index in [-0.39, 0.29) is 6.61 Å². The SMILES string of the molecule is CC1CC(C)CN(Cc2cccc(C#CCO)c2)C1. The minimum Gasteiger partial charge on any atom is -0.384 e. The number of piperidine rings is 1. The van der Waals surface area contributed by atoms with Crippen LogP contribution in [-0.4, -0.2) is 29.7 Å². The minimum absolute atomic E-state index is 0.0780. The molecule has 1 fully saturated rings. The van der Waals surface area contributed by atoms with Crippen LogP contribution < -0.4 is 0 Å². The number of hydrogen-bond acceptors (Lipinski definition) is 2. The molecule has 1 saturated heterocycles. The van der Waals surface area contributed by atoms with Crippen molar-refractivity contribution in [1.82, 2.24) is 4.90 Å². The molecule has 1 heterocycles. The van der Waals surface area contributed by atoms with Gasteiger partial charge in [0.15, 0.2) is 0 Å². The maximum Gasteiger partial charge on any atom is 0.104 e. The number of nitrogens with zero attached hydrogens (tertiary/aromatic N) is 1. The highest BCUT2D eigenvalue weighted by Crippen LogP contribution is 2.22. The third kappa shape index (κ3) is 4.38. The molecule has 2 nitrogen and oxygen atoms in total. The fourth-order valence-electron chi connectivity index (χ4n) is 3.07. The van der Waals surface area contributed by atoms with Crippen molar-refractivity contribution >= 4 is 0 Å². The third-order valence-electron chi connectivity index (χ3n) is 3.59.